The minimum absolute atomic E-state index is 0.433. The fourth-order valence-electron chi connectivity index (χ4n) is 8.67. The van der Waals surface area contributed by atoms with Crippen LogP contribution in [0.1, 0.15) is 22.9 Å². The highest BCUT2D eigenvalue weighted by atomic mass is 16.3. The number of para-hydroxylation sites is 1. The molecule has 272 valence electrons. The van der Waals surface area contributed by atoms with Gasteiger partial charge in [-0.15, -0.1) is 0 Å². The summed E-state index contributed by atoms with van der Waals surface area (Å²) in [5.41, 5.74) is 11.1. The normalized spacial score (nSPS) is 14.4. The monoisotopic (exact) mass is 743 g/mol. The van der Waals surface area contributed by atoms with Crippen LogP contribution in [0.5, 0.6) is 0 Å². The molecule has 1 aliphatic heterocycles. The van der Waals surface area contributed by atoms with E-state index in [-0.39, 0.29) is 0 Å². The smallest absolute Gasteiger partial charge is 0.169 e. The molecule has 5 heteroatoms. The number of rotatable bonds is 5. The minimum Gasteiger partial charge on any atom is -0.456 e. The molecule has 1 aliphatic rings. The van der Waals surface area contributed by atoms with Gasteiger partial charge in [-0.1, -0.05) is 133 Å². The maximum Gasteiger partial charge on any atom is 0.169 e. The predicted molar refractivity (Wildman–Crippen MR) is 239 cm³/mol. The van der Waals surface area contributed by atoms with Gasteiger partial charge in [-0.2, -0.15) is 0 Å². The van der Waals surface area contributed by atoms with Crippen molar-refractivity contribution in [3.63, 3.8) is 0 Å². The van der Waals surface area contributed by atoms with Crippen molar-refractivity contribution in [3.05, 3.63) is 205 Å². The second-order valence-electron chi connectivity index (χ2n) is 15.0. The Labute approximate surface area is 333 Å². The van der Waals surface area contributed by atoms with Crippen LogP contribution in [0.3, 0.4) is 0 Å². The molecule has 2 aromatic heterocycles. The van der Waals surface area contributed by atoms with E-state index in [4.69, 9.17) is 18.8 Å². The second-order valence-corrected chi connectivity index (χ2v) is 15.0. The fraction of sp³-hybridized carbons (Fsp3) is 0.0189. The van der Waals surface area contributed by atoms with E-state index in [2.05, 4.69) is 151 Å². The molecule has 1 atom stereocenters. The molecule has 0 bridgehead atoms. The molecular formula is C53H33N3O2. The maximum absolute atomic E-state index is 6.54. The number of hydrogen-bond donors (Lipinski definition) is 1. The van der Waals surface area contributed by atoms with Gasteiger partial charge in [-0.05, 0) is 104 Å². The van der Waals surface area contributed by atoms with Gasteiger partial charge in [0.05, 0.1) is 0 Å². The van der Waals surface area contributed by atoms with Crippen LogP contribution >= 0.6 is 0 Å². The van der Waals surface area contributed by atoms with Crippen LogP contribution in [0.25, 0.3) is 87.7 Å². The number of aliphatic imine (C=N–C) groups is 2. The van der Waals surface area contributed by atoms with Gasteiger partial charge in [0, 0.05) is 32.7 Å². The van der Waals surface area contributed by atoms with Crippen molar-refractivity contribution in [1.82, 2.24) is 5.32 Å². The molecule has 5 nitrogen and oxygen atoms in total. The van der Waals surface area contributed by atoms with Crippen molar-refractivity contribution in [3.8, 4) is 22.3 Å². The third-order valence-corrected chi connectivity index (χ3v) is 11.5. The van der Waals surface area contributed by atoms with E-state index in [1.54, 1.807) is 0 Å². The van der Waals surface area contributed by atoms with Crippen molar-refractivity contribution >= 4 is 77.1 Å². The quantitative estimate of drug-likeness (QED) is 0.191. The second kappa shape index (κ2) is 12.9. The summed E-state index contributed by atoms with van der Waals surface area (Å²) in [5.74, 6) is 1.55. The van der Waals surface area contributed by atoms with Gasteiger partial charge in [0.25, 0.3) is 0 Å². The molecule has 0 aliphatic carbocycles. The van der Waals surface area contributed by atoms with Crippen LogP contribution < -0.4 is 5.32 Å². The summed E-state index contributed by atoms with van der Waals surface area (Å²) in [6, 6.07) is 65.9. The van der Waals surface area contributed by atoms with E-state index >= 15 is 0 Å². The van der Waals surface area contributed by atoms with Gasteiger partial charge >= 0.3 is 0 Å². The Kier molecular flexibility index (Phi) is 7.23. The van der Waals surface area contributed by atoms with Crippen LogP contribution in [0.15, 0.2) is 207 Å². The lowest BCUT2D eigenvalue weighted by Gasteiger charge is -2.22. The van der Waals surface area contributed by atoms with E-state index in [0.717, 1.165) is 99.7 Å². The van der Waals surface area contributed by atoms with Gasteiger partial charge < -0.3 is 14.2 Å². The molecule has 0 radical (unpaired) electrons. The van der Waals surface area contributed by atoms with Crippen LogP contribution in [-0.4, -0.2) is 11.7 Å². The summed E-state index contributed by atoms with van der Waals surface area (Å²) >= 11 is 0. The topological polar surface area (TPSA) is 63.0 Å². The van der Waals surface area contributed by atoms with Crippen LogP contribution in [0.2, 0.25) is 0 Å². The molecule has 0 amide bonds. The number of amidine groups is 2. The number of nitrogens with one attached hydrogen (secondary N) is 1. The molecule has 12 rings (SSSR count). The molecule has 0 saturated carbocycles. The van der Waals surface area contributed by atoms with E-state index in [9.17, 15) is 0 Å². The lowest BCUT2D eigenvalue weighted by atomic mass is 9.95. The first-order chi connectivity index (χ1) is 28.7. The first-order valence-electron chi connectivity index (χ1n) is 19.6. The average molecular weight is 744 g/mol. The molecule has 9 aromatic carbocycles. The first-order valence-corrected chi connectivity index (χ1v) is 19.6. The Balaban J connectivity index is 0.922. The van der Waals surface area contributed by atoms with E-state index in [0.29, 0.717) is 0 Å². The van der Waals surface area contributed by atoms with Gasteiger partial charge in [0.15, 0.2) is 6.17 Å². The largest absolute Gasteiger partial charge is 0.456 e. The van der Waals surface area contributed by atoms with E-state index in [1.165, 1.54) is 16.3 Å². The zero-order chi connectivity index (χ0) is 38.2. The summed E-state index contributed by atoms with van der Waals surface area (Å²) in [5, 5.41) is 12.7. The lowest BCUT2D eigenvalue weighted by Crippen LogP contribution is -2.36. The van der Waals surface area contributed by atoms with Gasteiger partial charge in [0.1, 0.15) is 34.0 Å². The van der Waals surface area contributed by atoms with Gasteiger partial charge in [0.2, 0.25) is 0 Å². The van der Waals surface area contributed by atoms with Crippen molar-refractivity contribution < 1.29 is 8.83 Å². The molecular weight excluding hydrogens is 711 g/mol. The summed E-state index contributed by atoms with van der Waals surface area (Å²) in [7, 11) is 0. The highest BCUT2D eigenvalue weighted by Crippen LogP contribution is 2.40. The van der Waals surface area contributed by atoms with Crippen LogP contribution in [0.4, 0.5) is 0 Å². The Bertz CT molecular complexity index is 3500. The molecule has 1 unspecified atom stereocenters. The van der Waals surface area contributed by atoms with Gasteiger partial charge in [-0.3, -0.25) is 0 Å². The fourth-order valence-corrected chi connectivity index (χ4v) is 8.67. The molecule has 1 N–H and O–H groups in total. The van der Waals surface area contributed by atoms with Crippen molar-refractivity contribution in [1.29, 1.82) is 0 Å². The van der Waals surface area contributed by atoms with Crippen molar-refractivity contribution in [2.75, 3.05) is 0 Å². The van der Waals surface area contributed by atoms with Crippen molar-refractivity contribution in [2.45, 2.75) is 6.17 Å². The van der Waals surface area contributed by atoms with Crippen LogP contribution in [-0.2, 0) is 0 Å². The molecule has 3 heterocycles. The maximum atomic E-state index is 6.54. The SMILES string of the molecule is c1ccc(C2=NC(c3ccc4cc(-c5cccc6oc7cc(-c8cccc9ccccc89)ccc7c56)ccc4c3)N=C(c3ccc4oc5ccccc5c4c3)N2)cc1. The predicted octanol–water partition coefficient (Wildman–Crippen LogP) is 13.6. The zero-order valence-corrected chi connectivity index (χ0v) is 31.2. The molecule has 0 saturated heterocycles. The summed E-state index contributed by atoms with van der Waals surface area (Å²) in [4.78, 5) is 10.4. The highest BCUT2D eigenvalue weighted by Gasteiger charge is 2.22. The molecule has 58 heavy (non-hydrogen) atoms. The third kappa shape index (κ3) is 5.32. The lowest BCUT2D eigenvalue weighted by molar-refractivity contribution is 0.668. The van der Waals surface area contributed by atoms with Crippen molar-refractivity contribution in [2.24, 2.45) is 9.98 Å². The standard InChI is InChI=1S/C53H33N3O2/c1-2-11-33(12-3-1)51-54-52(56-53(55-51)39-25-27-47-45(30-39)43-15-6-7-18-46(43)57-47)38-23-21-34-28-36(22-20-35(34)29-38)42-17-9-19-48-50(42)44-26-24-37(31-49(44)58-48)41-16-8-13-32-10-4-5-14-40(32)41/h1-31,52H,(H,54,55,56). The van der Waals surface area contributed by atoms with Crippen LogP contribution in [0, 0.1) is 0 Å². The first kappa shape index (κ1) is 32.5. The summed E-state index contributed by atoms with van der Waals surface area (Å²) in [6.07, 6.45) is -0.433. The molecule has 0 spiro atoms. The Morgan fingerprint density at radius 3 is 1.95 bits per heavy atom. The number of benzene rings is 9. The molecule has 0 fully saturated rings. The van der Waals surface area contributed by atoms with Gasteiger partial charge in [-0.25, -0.2) is 9.98 Å². The molecule has 11 aromatic rings. The van der Waals surface area contributed by atoms with E-state index < -0.39 is 6.17 Å². The third-order valence-electron chi connectivity index (χ3n) is 11.5. The number of nitrogens with zero attached hydrogens (tertiary/aromatic N) is 2. The minimum atomic E-state index is -0.433. The Hall–Kier alpha value is -7.76. The Morgan fingerprint density at radius 2 is 1.02 bits per heavy atom. The number of hydrogen-bond acceptors (Lipinski definition) is 5. The highest BCUT2D eigenvalue weighted by molar-refractivity contribution is 6.18. The summed E-state index contributed by atoms with van der Waals surface area (Å²) < 4.78 is 12.7. The number of fused-ring (bicyclic) bond motifs is 8. The van der Waals surface area contributed by atoms with E-state index in [1.807, 2.05) is 42.5 Å². The zero-order valence-electron chi connectivity index (χ0n) is 31.2. The average Bonchev–Trinajstić information content (AvgIpc) is 3.86. The number of furan rings is 2. The Morgan fingerprint density at radius 1 is 0.362 bits per heavy atom. The summed E-state index contributed by atoms with van der Waals surface area (Å²) in [6.45, 7) is 0.